The molecule has 0 aromatic carbocycles. The number of carbonyl (C=O) groups is 2. The van der Waals surface area contributed by atoms with E-state index in [1.54, 1.807) is 0 Å². The summed E-state index contributed by atoms with van der Waals surface area (Å²) in [6.07, 6.45) is 1.80. The summed E-state index contributed by atoms with van der Waals surface area (Å²) >= 11 is 0. The van der Waals surface area contributed by atoms with Crippen molar-refractivity contribution in [2.45, 2.75) is 32.7 Å². The number of nitrogens with one attached hydrogen (secondary N) is 1. The second kappa shape index (κ2) is 5.00. The van der Waals surface area contributed by atoms with E-state index in [-0.39, 0.29) is 18.0 Å². The number of carbonyl (C=O) groups excluding carboxylic acids is 1. The van der Waals surface area contributed by atoms with Crippen LogP contribution in [0.1, 0.15) is 26.7 Å². The molecule has 0 aromatic heterocycles. The van der Waals surface area contributed by atoms with E-state index >= 15 is 0 Å². The van der Waals surface area contributed by atoms with Gasteiger partial charge in [-0.05, 0) is 12.8 Å². The normalized spacial score (nSPS) is 16.3. The van der Waals surface area contributed by atoms with Crippen LogP contribution in [0.4, 0.5) is 4.79 Å². The molecule has 5 nitrogen and oxygen atoms in total. The summed E-state index contributed by atoms with van der Waals surface area (Å²) in [6.45, 7) is 4.71. The molecule has 0 bridgehead atoms. The minimum absolute atomic E-state index is 0.138. The van der Waals surface area contributed by atoms with Crippen molar-refractivity contribution in [2.24, 2.45) is 5.92 Å². The van der Waals surface area contributed by atoms with Crippen LogP contribution in [-0.2, 0) is 4.79 Å². The molecule has 1 saturated heterocycles. The van der Waals surface area contributed by atoms with Crippen molar-refractivity contribution in [3.8, 4) is 0 Å². The van der Waals surface area contributed by atoms with E-state index in [1.165, 1.54) is 4.90 Å². The first-order valence-corrected chi connectivity index (χ1v) is 5.36. The maximum atomic E-state index is 11.5. The van der Waals surface area contributed by atoms with Crippen LogP contribution in [0.25, 0.3) is 0 Å². The van der Waals surface area contributed by atoms with E-state index in [0.29, 0.717) is 13.1 Å². The lowest BCUT2D eigenvalue weighted by atomic mass is 10.0. The van der Waals surface area contributed by atoms with Crippen LogP contribution in [0, 0.1) is 5.92 Å². The van der Waals surface area contributed by atoms with E-state index in [9.17, 15) is 9.59 Å². The molecule has 0 aromatic rings. The Kier molecular flexibility index (Phi) is 3.94. The van der Waals surface area contributed by atoms with Gasteiger partial charge in [-0.15, -0.1) is 0 Å². The van der Waals surface area contributed by atoms with Gasteiger partial charge in [-0.3, -0.25) is 4.79 Å². The summed E-state index contributed by atoms with van der Waals surface area (Å²) in [5.41, 5.74) is 0. The molecule has 86 valence electrons. The maximum absolute atomic E-state index is 11.5. The third kappa shape index (κ3) is 2.84. The standard InChI is InChI=1S/C10H18N2O3/c1-3-8(4-2)11-10(15)12-5-7(6-12)9(13)14/h7-8H,3-6H2,1-2H3,(H,11,15)(H,13,14). The number of carboxylic acid groups (broad SMARTS) is 1. The first kappa shape index (κ1) is 11.8. The Morgan fingerprint density at radius 2 is 1.93 bits per heavy atom. The molecule has 2 N–H and O–H groups in total. The summed E-state index contributed by atoms with van der Waals surface area (Å²) < 4.78 is 0. The highest BCUT2D eigenvalue weighted by atomic mass is 16.4. The molecule has 0 atom stereocenters. The molecule has 0 unspecified atom stereocenters. The fourth-order valence-corrected chi connectivity index (χ4v) is 1.56. The van der Waals surface area contributed by atoms with Gasteiger partial charge >= 0.3 is 12.0 Å². The third-order valence-electron chi connectivity index (χ3n) is 2.83. The smallest absolute Gasteiger partial charge is 0.317 e. The zero-order chi connectivity index (χ0) is 11.4. The van der Waals surface area contributed by atoms with Crippen molar-refractivity contribution in [3.05, 3.63) is 0 Å². The number of rotatable bonds is 4. The van der Waals surface area contributed by atoms with Crippen LogP contribution < -0.4 is 5.32 Å². The van der Waals surface area contributed by atoms with Gasteiger partial charge in [0, 0.05) is 19.1 Å². The Hall–Kier alpha value is -1.26. The summed E-state index contributed by atoms with van der Waals surface area (Å²) in [4.78, 5) is 23.6. The number of urea groups is 1. The van der Waals surface area contributed by atoms with Crippen LogP contribution in [-0.4, -0.2) is 41.1 Å². The van der Waals surface area contributed by atoms with Gasteiger partial charge in [-0.1, -0.05) is 13.8 Å². The fourth-order valence-electron chi connectivity index (χ4n) is 1.56. The molecule has 5 heteroatoms. The van der Waals surface area contributed by atoms with E-state index in [2.05, 4.69) is 5.32 Å². The van der Waals surface area contributed by atoms with E-state index in [4.69, 9.17) is 5.11 Å². The second-order valence-electron chi connectivity index (χ2n) is 3.90. The van der Waals surface area contributed by atoms with Crippen molar-refractivity contribution in [3.63, 3.8) is 0 Å². The van der Waals surface area contributed by atoms with Crippen LogP contribution in [0.15, 0.2) is 0 Å². The number of hydrogen-bond donors (Lipinski definition) is 2. The highest BCUT2D eigenvalue weighted by Crippen LogP contribution is 2.15. The molecular formula is C10H18N2O3. The Morgan fingerprint density at radius 3 is 2.33 bits per heavy atom. The van der Waals surface area contributed by atoms with Crippen molar-refractivity contribution in [1.29, 1.82) is 0 Å². The molecule has 1 aliphatic rings. The lowest BCUT2D eigenvalue weighted by Gasteiger charge is -2.37. The van der Waals surface area contributed by atoms with Crippen LogP contribution >= 0.6 is 0 Å². The number of nitrogens with zero attached hydrogens (tertiary/aromatic N) is 1. The van der Waals surface area contributed by atoms with Gasteiger partial charge < -0.3 is 15.3 Å². The summed E-state index contributed by atoms with van der Waals surface area (Å²) in [5, 5.41) is 11.5. The first-order valence-electron chi connectivity index (χ1n) is 5.36. The minimum atomic E-state index is -0.818. The predicted molar refractivity (Wildman–Crippen MR) is 55.6 cm³/mol. The Morgan fingerprint density at radius 1 is 1.40 bits per heavy atom. The second-order valence-corrected chi connectivity index (χ2v) is 3.90. The Bertz CT molecular complexity index is 245. The summed E-state index contributed by atoms with van der Waals surface area (Å²) in [7, 11) is 0. The summed E-state index contributed by atoms with van der Waals surface area (Å²) in [6, 6.07) is 0.0579. The number of amides is 2. The van der Waals surface area contributed by atoms with E-state index in [1.807, 2.05) is 13.8 Å². The van der Waals surface area contributed by atoms with Gasteiger partial charge in [-0.25, -0.2) is 4.79 Å². The SMILES string of the molecule is CCC(CC)NC(=O)N1CC(C(=O)O)C1. The fraction of sp³-hybridized carbons (Fsp3) is 0.800. The molecule has 1 rings (SSSR count). The lowest BCUT2D eigenvalue weighted by molar-refractivity contribution is -0.146. The molecule has 1 fully saturated rings. The van der Waals surface area contributed by atoms with Crippen LogP contribution in [0.2, 0.25) is 0 Å². The zero-order valence-corrected chi connectivity index (χ0v) is 9.19. The maximum Gasteiger partial charge on any atom is 0.317 e. The van der Waals surface area contributed by atoms with Crippen molar-refractivity contribution >= 4 is 12.0 Å². The minimum Gasteiger partial charge on any atom is -0.481 e. The zero-order valence-electron chi connectivity index (χ0n) is 9.19. The van der Waals surface area contributed by atoms with Crippen LogP contribution in [0.5, 0.6) is 0 Å². The van der Waals surface area contributed by atoms with Gasteiger partial charge in [0.2, 0.25) is 0 Å². The molecule has 0 spiro atoms. The van der Waals surface area contributed by atoms with E-state index < -0.39 is 5.97 Å². The van der Waals surface area contributed by atoms with Gasteiger partial charge in [-0.2, -0.15) is 0 Å². The molecule has 1 aliphatic heterocycles. The van der Waals surface area contributed by atoms with Gasteiger partial charge in [0.1, 0.15) is 0 Å². The molecule has 2 amide bonds. The Balaban J connectivity index is 2.29. The molecule has 0 saturated carbocycles. The largest absolute Gasteiger partial charge is 0.481 e. The van der Waals surface area contributed by atoms with Crippen LogP contribution in [0.3, 0.4) is 0 Å². The first-order chi connectivity index (χ1) is 7.08. The highest BCUT2D eigenvalue weighted by molar-refractivity contribution is 5.79. The number of aliphatic carboxylic acids is 1. The van der Waals surface area contributed by atoms with Crippen molar-refractivity contribution < 1.29 is 14.7 Å². The molecule has 0 radical (unpaired) electrons. The topological polar surface area (TPSA) is 69.6 Å². The Labute approximate surface area is 89.4 Å². The van der Waals surface area contributed by atoms with E-state index in [0.717, 1.165) is 12.8 Å². The average molecular weight is 214 g/mol. The monoisotopic (exact) mass is 214 g/mol. The molecule has 0 aliphatic carbocycles. The third-order valence-corrected chi connectivity index (χ3v) is 2.83. The number of likely N-dealkylation sites (tertiary alicyclic amines) is 1. The molecular weight excluding hydrogens is 196 g/mol. The van der Waals surface area contributed by atoms with Crippen molar-refractivity contribution in [2.75, 3.05) is 13.1 Å². The molecule has 1 heterocycles. The highest BCUT2D eigenvalue weighted by Gasteiger charge is 2.35. The van der Waals surface area contributed by atoms with Gasteiger partial charge in [0.25, 0.3) is 0 Å². The lowest BCUT2D eigenvalue weighted by Crippen LogP contribution is -2.57. The summed E-state index contributed by atoms with van der Waals surface area (Å²) in [5.74, 6) is -1.20. The number of hydrogen-bond acceptors (Lipinski definition) is 2. The van der Waals surface area contributed by atoms with Gasteiger partial charge in [0.15, 0.2) is 0 Å². The number of carboxylic acids is 1. The van der Waals surface area contributed by atoms with Gasteiger partial charge in [0.05, 0.1) is 5.92 Å². The quantitative estimate of drug-likeness (QED) is 0.730. The molecule has 15 heavy (non-hydrogen) atoms. The van der Waals surface area contributed by atoms with Crippen molar-refractivity contribution in [1.82, 2.24) is 10.2 Å². The average Bonchev–Trinajstić information content (AvgIpc) is 2.11. The predicted octanol–water partition coefficient (Wildman–Crippen LogP) is 0.901.